The van der Waals surface area contributed by atoms with Gasteiger partial charge >= 0.3 is 0 Å². The smallest absolute Gasteiger partial charge is 0.142 e. The molecule has 1 aromatic carbocycles. The summed E-state index contributed by atoms with van der Waals surface area (Å²) in [6.45, 7) is 0. The second kappa shape index (κ2) is 4.37. The number of alkyl halides is 2. The Labute approximate surface area is 75.7 Å². The molecule has 0 heterocycles. The molecule has 0 N–H and O–H groups in total. The van der Waals surface area contributed by atoms with Crippen LogP contribution < -0.4 is 0 Å². The van der Waals surface area contributed by atoms with E-state index >= 15 is 0 Å². The van der Waals surface area contributed by atoms with Gasteiger partial charge in [-0.2, -0.15) is 0 Å². The monoisotopic (exact) mass is 187 g/mol. The van der Waals surface area contributed by atoms with Crippen molar-refractivity contribution in [2.45, 2.75) is 4.84 Å². The lowest BCUT2D eigenvalue weighted by Gasteiger charge is -1.91. The van der Waals surface area contributed by atoms with Gasteiger partial charge in [-0.1, -0.05) is 41.4 Å². The molecule has 58 valence electrons. The van der Waals surface area contributed by atoms with E-state index in [9.17, 15) is 0 Å². The minimum absolute atomic E-state index is 0.532. The molecule has 0 spiro atoms. The highest BCUT2D eigenvalue weighted by Gasteiger charge is 1.89. The molecule has 1 rings (SSSR count). The van der Waals surface area contributed by atoms with Crippen LogP contribution in [0, 0.1) is 0 Å². The van der Waals surface area contributed by atoms with Gasteiger partial charge in [0.1, 0.15) is 4.84 Å². The van der Waals surface area contributed by atoms with E-state index in [1.807, 2.05) is 30.3 Å². The second-order valence-corrected chi connectivity index (χ2v) is 3.11. The molecule has 0 saturated heterocycles. The Kier molecular flexibility index (Phi) is 3.40. The maximum atomic E-state index is 5.44. The Morgan fingerprint density at radius 3 is 2.36 bits per heavy atom. The van der Waals surface area contributed by atoms with Crippen molar-refractivity contribution in [1.82, 2.24) is 0 Å². The van der Waals surface area contributed by atoms with E-state index in [2.05, 4.69) is 4.99 Å². The van der Waals surface area contributed by atoms with Crippen LogP contribution in [-0.4, -0.2) is 11.1 Å². The van der Waals surface area contributed by atoms with Gasteiger partial charge in [-0.15, -0.1) is 0 Å². The van der Waals surface area contributed by atoms with E-state index in [0.717, 1.165) is 5.69 Å². The highest BCUT2D eigenvalue weighted by molar-refractivity contribution is 6.51. The van der Waals surface area contributed by atoms with Crippen LogP contribution in [0.4, 0.5) is 5.69 Å². The third kappa shape index (κ3) is 3.40. The number of para-hydroxylation sites is 1. The number of rotatable bonds is 2. The molecule has 0 aromatic heterocycles. The van der Waals surface area contributed by atoms with E-state index in [4.69, 9.17) is 23.2 Å². The van der Waals surface area contributed by atoms with Crippen molar-refractivity contribution < 1.29 is 0 Å². The van der Waals surface area contributed by atoms with Gasteiger partial charge in [0.05, 0.1) is 5.69 Å². The SMILES string of the molecule is ClC(Cl)/C=N\c1ccccc1. The predicted molar refractivity (Wildman–Crippen MR) is 50.1 cm³/mol. The first-order chi connectivity index (χ1) is 5.29. The molecule has 0 bridgehead atoms. The molecular weight excluding hydrogens is 181 g/mol. The molecule has 0 fully saturated rings. The average molecular weight is 188 g/mol. The van der Waals surface area contributed by atoms with E-state index in [1.54, 1.807) is 0 Å². The van der Waals surface area contributed by atoms with Gasteiger partial charge in [0.15, 0.2) is 0 Å². The van der Waals surface area contributed by atoms with Gasteiger partial charge in [0, 0.05) is 6.21 Å². The van der Waals surface area contributed by atoms with Crippen LogP contribution in [-0.2, 0) is 0 Å². The zero-order chi connectivity index (χ0) is 8.10. The van der Waals surface area contributed by atoms with Gasteiger partial charge in [0.2, 0.25) is 0 Å². The Balaban J connectivity index is 2.65. The number of nitrogens with zero attached hydrogens (tertiary/aromatic N) is 1. The summed E-state index contributed by atoms with van der Waals surface area (Å²) in [7, 11) is 0. The fraction of sp³-hybridized carbons (Fsp3) is 0.125. The Bertz CT molecular complexity index is 231. The number of hydrogen-bond acceptors (Lipinski definition) is 1. The van der Waals surface area contributed by atoms with Crippen LogP contribution in [0.25, 0.3) is 0 Å². The summed E-state index contributed by atoms with van der Waals surface area (Å²) in [5.41, 5.74) is 0.860. The van der Waals surface area contributed by atoms with Crippen molar-refractivity contribution in [1.29, 1.82) is 0 Å². The molecule has 1 aromatic rings. The van der Waals surface area contributed by atoms with Crippen molar-refractivity contribution in [2.75, 3.05) is 0 Å². The molecule has 0 radical (unpaired) electrons. The van der Waals surface area contributed by atoms with Gasteiger partial charge in [-0.25, -0.2) is 0 Å². The largest absolute Gasteiger partial charge is 0.258 e. The highest BCUT2D eigenvalue weighted by atomic mass is 35.5. The fourth-order valence-electron chi connectivity index (χ4n) is 0.656. The van der Waals surface area contributed by atoms with Gasteiger partial charge in [-0.3, -0.25) is 4.99 Å². The van der Waals surface area contributed by atoms with Crippen molar-refractivity contribution in [3.8, 4) is 0 Å². The van der Waals surface area contributed by atoms with E-state index in [1.165, 1.54) is 6.21 Å². The van der Waals surface area contributed by atoms with E-state index in [-0.39, 0.29) is 0 Å². The molecule has 0 unspecified atom stereocenters. The zero-order valence-corrected chi connectivity index (χ0v) is 7.26. The first-order valence-corrected chi connectivity index (χ1v) is 4.04. The van der Waals surface area contributed by atoms with E-state index < -0.39 is 4.84 Å². The van der Waals surface area contributed by atoms with Crippen molar-refractivity contribution >= 4 is 35.1 Å². The normalized spacial score (nSPS) is 11.2. The quantitative estimate of drug-likeness (QED) is 0.499. The third-order valence-electron chi connectivity index (χ3n) is 1.09. The first kappa shape index (κ1) is 8.57. The average Bonchev–Trinajstić information content (AvgIpc) is 2.03. The third-order valence-corrected chi connectivity index (χ3v) is 1.32. The molecule has 0 aliphatic heterocycles. The van der Waals surface area contributed by atoms with Crippen LogP contribution in [0.1, 0.15) is 0 Å². The maximum absolute atomic E-state index is 5.44. The Morgan fingerprint density at radius 1 is 1.18 bits per heavy atom. The number of halogens is 2. The summed E-state index contributed by atoms with van der Waals surface area (Å²) in [5, 5.41) is 0. The molecular formula is C8H7Cl2N. The van der Waals surface area contributed by atoms with Crippen LogP contribution in [0.15, 0.2) is 35.3 Å². The zero-order valence-electron chi connectivity index (χ0n) is 5.74. The Hall–Kier alpha value is -0.530. The summed E-state index contributed by atoms with van der Waals surface area (Å²) in [6, 6.07) is 9.51. The molecule has 1 nitrogen and oxygen atoms in total. The van der Waals surface area contributed by atoms with Crippen molar-refractivity contribution in [2.24, 2.45) is 4.99 Å². The summed E-state index contributed by atoms with van der Waals surface area (Å²) in [4.78, 5) is 3.48. The van der Waals surface area contributed by atoms with Crippen LogP contribution >= 0.6 is 23.2 Å². The summed E-state index contributed by atoms with van der Waals surface area (Å²) in [5.74, 6) is 0. The highest BCUT2D eigenvalue weighted by Crippen LogP contribution is 2.10. The fourth-order valence-corrected chi connectivity index (χ4v) is 0.769. The van der Waals surface area contributed by atoms with Crippen LogP contribution in [0.2, 0.25) is 0 Å². The lowest BCUT2D eigenvalue weighted by atomic mass is 10.3. The van der Waals surface area contributed by atoms with Crippen LogP contribution in [0.3, 0.4) is 0 Å². The molecule has 0 aliphatic carbocycles. The first-order valence-electron chi connectivity index (χ1n) is 3.16. The number of aliphatic imine (C=N–C) groups is 1. The molecule has 3 heteroatoms. The lowest BCUT2D eigenvalue weighted by Crippen LogP contribution is -1.84. The topological polar surface area (TPSA) is 12.4 Å². The predicted octanol–water partition coefficient (Wildman–Crippen LogP) is 3.19. The summed E-state index contributed by atoms with van der Waals surface area (Å²) in [6.07, 6.45) is 1.48. The molecule has 0 saturated carbocycles. The van der Waals surface area contributed by atoms with Crippen LogP contribution in [0.5, 0.6) is 0 Å². The van der Waals surface area contributed by atoms with Gasteiger partial charge < -0.3 is 0 Å². The van der Waals surface area contributed by atoms with Gasteiger partial charge in [-0.05, 0) is 12.1 Å². The lowest BCUT2D eigenvalue weighted by molar-refractivity contribution is 1.52. The van der Waals surface area contributed by atoms with Crippen molar-refractivity contribution in [3.63, 3.8) is 0 Å². The molecule has 0 aliphatic rings. The van der Waals surface area contributed by atoms with Gasteiger partial charge in [0.25, 0.3) is 0 Å². The second-order valence-electron chi connectivity index (χ2n) is 1.95. The minimum atomic E-state index is -0.532. The summed E-state index contributed by atoms with van der Waals surface area (Å²) >= 11 is 10.9. The standard InChI is InChI=1S/C8H7Cl2N/c9-8(10)6-11-7-4-2-1-3-5-7/h1-6,8H/b11-6-. The van der Waals surface area contributed by atoms with Crippen molar-refractivity contribution in [3.05, 3.63) is 30.3 Å². The minimum Gasteiger partial charge on any atom is -0.258 e. The Morgan fingerprint density at radius 2 is 1.82 bits per heavy atom. The number of benzene rings is 1. The molecule has 0 atom stereocenters. The maximum Gasteiger partial charge on any atom is 0.142 e. The van der Waals surface area contributed by atoms with E-state index in [0.29, 0.717) is 0 Å². The molecule has 11 heavy (non-hydrogen) atoms. The molecule has 0 amide bonds. The number of hydrogen-bond donors (Lipinski definition) is 0. The summed E-state index contributed by atoms with van der Waals surface area (Å²) < 4.78 is 0.